The van der Waals surface area contributed by atoms with Crippen molar-refractivity contribution >= 4 is 11.6 Å². The van der Waals surface area contributed by atoms with Gasteiger partial charge in [0.15, 0.2) is 6.10 Å². The molecule has 0 aliphatic rings. The molecule has 0 aliphatic carbocycles. The van der Waals surface area contributed by atoms with E-state index in [9.17, 15) is 4.79 Å². The van der Waals surface area contributed by atoms with Gasteiger partial charge in [0.25, 0.3) is 5.91 Å². The summed E-state index contributed by atoms with van der Waals surface area (Å²) in [7, 11) is 0. The fourth-order valence-electron chi connectivity index (χ4n) is 2.14. The molecule has 0 aliphatic heterocycles. The van der Waals surface area contributed by atoms with Crippen LogP contribution in [0.3, 0.4) is 0 Å². The molecule has 2 aromatic rings. The predicted molar refractivity (Wildman–Crippen MR) is 90.2 cm³/mol. The molecular weight excluding hydrogens is 274 g/mol. The summed E-state index contributed by atoms with van der Waals surface area (Å²) in [6, 6.07) is 17.4. The number of ether oxygens (including phenoxy) is 1. The molecule has 0 radical (unpaired) electrons. The Morgan fingerprint density at radius 3 is 2.41 bits per heavy atom. The van der Waals surface area contributed by atoms with Crippen LogP contribution in [-0.2, 0) is 11.2 Å². The van der Waals surface area contributed by atoms with E-state index in [2.05, 4.69) is 24.4 Å². The third-order valence-corrected chi connectivity index (χ3v) is 3.47. The van der Waals surface area contributed by atoms with Gasteiger partial charge in [-0.2, -0.15) is 0 Å². The molecule has 3 heteroatoms. The van der Waals surface area contributed by atoms with Crippen LogP contribution in [-0.4, -0.2) is 12.0 Å². The molecule has 2 aromatic carbocycles. The zero-order chi connectivity index (χ0) is 15.8. The zero-order valence-corrected chi connectivity index (χ0v) is 13.2. The Hall–Kier alpha value is -2.29. The number of hydrogen-bond donors (Lipinski definition) is 1. The highest BCUT2D eigenvalue weighted by molar-refractivity contribution is 5.94. The highest BCUT2D eigenvalue weighted by Gasteiger charge is 2.14. The lowest BCUT2D eigenvalue weighted by molar-refractivity contribution is -0.122. The Labute approximate surface area is 132 Å². The fourth-order valence-corrected chi connectivity index (χ4v) is 2.14. The summed E-state index contributed by atoms with van der Waals surface area (Å²) < 4.78 is 5.61. The van der Waals surface area contributed by atoms with Crippen LogP contribution in [0, 0.1) is 0 Å². The first-order valence-corrected chi connectivity index (χ1v) is 7.80. The van der Waals surface area contributed by atoms with Crippen LogP contribution in [0.4, 0.5) is 5.69 Å². The molecule has 1 amide bonds. The second kappa shape index (κ2) is 8.23. The van der Waals surface area contributed by atoms with Crippen molar-refractivity contribution < 1.29 is 9.53 Å². The molecule has 0 spiro atoms. The molecule has 1 N–H and O–H groups in total. The standard InChI is InChI=1S/C19H23NO2/c1-3-4-8-16-11-13-17(14-12-16)20-19(21)15(2)22-18-9-6-5-7-10-18/h5-7,9-15H,3-4,8H2,1-2H3,(H,20,21)/t15-/m0/s1. The van der Waals surface area contributed by atoms with Crippen LogP contribution in [0.15, 0.2) is 54.6 Å². The Balaban J connectivity index is 1.88. The van der Waals surface area contributed by atoms with Gasteiger partial charge < -0.3 is 10.1 Å². The second-order valence-electron chi connectivity index (χ2n) is 5.36. The maximum atomic E-state index is 12.1. The monoisotopic (exact) mass is 297 g/mol. The minimum atomic E-state index is -0.540. The third kappa shape index (κ3) is 4.92. The lowest BCUT2D eigenvalue weighted by atomic mass is 10.1. The molecule has 0 saturated carbocycles. The Morgan fingerprint density at radius 2 is 1.77 bits per heavy atom. The number of anilines is 1. The summed E-state index contributed by atoms with van der Waals surface area (Å²) in [5.41, 5.74) is 2.10. The maximum Gasteiger partial charge on any atom is 0.265 e. The van der Waals surface area contributed by atoms with E-state index < -0.39 is 6.10 Å². The van der Waals surface area contributed by atoms with Gasteiger partial charge in [-0.1, -0.05) is 43.7 Å². The van der Waals surface area contributed by atoms with Gasteiger partial charge in [-0.05, 0) is 49.6 Å². The summed E-state index contributed by atoms with van der Waals surface area (Å²) in [6.07, 6.45) is 2.92. The molecule has 0 unspecified atom stereocenters. The summed E-state index contributed by atoms with van der Waals surface area (Å²) in [5, 5.41) is 2.88. The number of nitrogens with one attached hydrogen (secondary N) is 1. The topological polar surface area (TPSA) is 38.3 Å². The van der Waals surface area contributed by atoms with Gasteiger partial charge in [-0.25, -0.2) is 0 Å². The van der Waals surface area contributed by atoms with E-state index in [0.29, 0.717) is 5.75 Å². The highest BCUT2D eigenvalue weighted by atomic mass is 16.5. The molecule has 3 nitrogen and oxygen atoms in total. The number of carbonyl (C=O) groups is 1. The van der Waals surface area contributed by atoms with Crippen molar-refractivity contribution in [3.8, 4) is 5.75 Å². The number of carbonyl (C=O) groups excluding carboxylic acids is 1. The number of amides is 1. The van der Waals surface area contributed by atoms with Crippen LogP contribution < -0.4 is 10.1 Å². The van der Waals surface area contributed by atoms with E-state index in [1.807, 2.05) is 42.5 Å². The molecular formula is C19H23NO2. The largest absolute Gasteiger partial charge is 0.481 e. The first-order chi connectivity index (χ1) is 10.7. The molecule has 0 aromatic heterocycles. The molecule has 0 fully saturated rings. The van der Waals surface area contributed by atoms with E-state index in [0.717, 1.165) is 12.1 Å². The van der Waals surface area contributed by atoms with Crippen molar-refractivity contribution in [3.63, 3.8) is 0 Å². The number of para-hydroxylation sites is 1. The molecule has 116 valence electrons. The third-order valence-electron chi connectivity index (χ3n) is 3.47. The van der Waals surface area contributed by atoms with Crippen molar-refractivity contribution in [3.05, 3.63) is 60.2 Å². The normalized spacial score (nSPS) is 11.7. The Bertz CT molecular complexity index is 578. The summed E-state index contributed by atoms with van der Waals surface area (Å²) in [5.74, 6) is 0.547. The average molecular weight is 297 g/mol. The van der Waals surface area contributed by atoms with Gasteiger partial charge in [-0.15, -0.1) is 0 Å². The van der Waals surface area contributed by atoms with Crippen LogP contribution >= 0.6 is 0 Å². The van der Waals surface area contributed by atoms with Gasteiger partial charge in [-0.3, -0.25) is 4.79 Å². The number of aryl methyl sites for hydroxylation is 1. The molecule has 1 atom stereocenters. The van der Waals surface area contributed by atoms with E-state index in [1.54, 1.807) is 6.92 Å². The number of hydrogen-bond acceptors (Lipinski definition) is 2. The van der Waals surface area contributed by atoms with E-state index >= 15 is 0 Å². The SMILES string of the molecule is CCCCc1ccc(NC(=O)[C@H](C)Oc2ccccc2)cc1. The van der Waals surface area contributed by atoms with E-state index in [4.69, 9.17) is 4.74 Å². The second-order valence-corrected chi connectivity index (χ2v) is 5.36. The van der Waals surface area contributed by atoms with Crippen molar-refractivity contribution in [1.29, 1.82) is 0 Å². The molecule has 2 rings (SSSR count). The quantitative estimate of drug-likeness (QED) is 0.820. The van der Waals surface area contributed by atoms with Crippen molar-refractivity contribution in [2.75, 3.05) is 5.32 Å². The minimum Gasteiger partial charge on any atom is -0.481 e. The number of benzene rings is 2. The average Bonchev–Trinajstić information content (AvgIpc) is 2.55. The van der Waals surface area contributed by atoms with Gasteiger partial charge in [0, 0.05) is 5.69 Å². The fraction of sp³-hybridized carbons (Fsp3) is 0.316. The van der Waals surface area contributed by atoms with Crippen LogP contribution in [0.1, 0.15) is 32.3 Å². The first-order valence-electron chi connectivity index (χ1n) is 7.80. The Kier molecular flexibility index (Phi) is 6.01. The van der Waals surface area contributed by atoms with Gasteiger partial charge in [0.2, 0.25) is 0 Å². The summed E-state index contributed by atoms with van der Waals surface area (Å²) in [6.45, 7) is 3.93. The number of unbranched alkanes of at least 4 members (excludes halogenated alkanes) is 1. The lowest BCUT2D eigenvalue weighted by Crippen LogP contribution is -2.30. The first kappa shape index (κ1) is 16.1. The number of rotatable bonds is 7. The molecule has 22 heavy (non-hydrogen) atoms. The van der Waals surface area contributed by atoms with E-state index in [1.165, 1.54) is 18.4 Å². The minimum absolute atomic E-state index is 0.148. The van der Waals surface area contributed by atoms with Crippen LogP contribution in [0.2, 0.25) is 0 Å². The van der Waals surface area contributed by atoms with Crippen LogP contribution in [0.25, 0.3) is 0 Å². The van der Waals surface area contributed by atoms with Crippen molar-refractivity contribution in [2.24, 2.45) is 0 Å². The van der Waals surface area contributed by atoms with Gasteiger partial charge in [0.1, 0.15) is 5.75 Å². The molecule has 0 saturated heterocycles. The lowest BCUT2D eigenvalue weighted by Gasteiger charge is -2.14. The zero-order valence-electron chi connectivity index (χ0n) is 13.2. The van der Waals surface area contributed by atoms with Gasteiger partial charge in [0.05, 0.1) is 0 Å². The Morgan fingerprint density at radius 1 is 1.09 bits per heavy atom. The highest BCUT2D eigenvalue weighted by Crippen LogP contribution is 2.14. The predicted octanol–water partition coefficient (Wildman–Crippen LogP) is 4.44. The van der Waals surface area contributed by atoms with Crippen LogP contribution in [0.5, 0.6) is 5.75 Å². The molecule has 0 bridgehead atoms. The summed E-state index contributed by atoms with van der Waals surface area (Å²) in [4.78, 5) is 12.1. The van der Waals surface area contributed by atoms with Crippen molar-refractivity contribution in [2.45, 2.75) is 39.2 Å². The maximum absolute atomic E-state index is 12.1. The van der Waals surface area contributed by atoms with Gasteiger partial charge >= 0.3 is 0 Å². The smallest absolute Gasteiger partial charge is 0.265 e. The molecule has 0 heterocycles. The van der Waals surface area contributed by atoms with Crippen molar-refractivity contribution in [1.82, 2.24) is 0 Å². The summed E-state index contributed by atoms with van der Waals surface area (Å²) >= 11 is 0. The van der Waals surface area contributed by atoms with E-state index in [-0.39, 0.29) is 5.91 Å².